The number of hydrogen-bond donors (Lipinski definition) is 1. The Morgan fingerprint density at radius 2 is 2.10 bits per heavy atom. The number of unbranched alkanes of at least 4 members (excludes halogenated alkanes) is 1. The van der Waals surface area contributed by atoms with Crippen LogP contribution in [0.5, 0.6) is 0 Å². The van der Waals surface area contributed by atoms with Crippen LogP contribution in [-0.2, 0) is 4.74 Å². The summed E-state index contributed by atoms with van der Waals surface area (Å²) in [5.41, 5.74) is 0. The molecule has 0 aromatic carbocycles. The first-order valence-corrected chi connectivity index (χ1v) is 4.07. The molecule has 0 saturated heterocycles. The summed E-state index contributed by atoms with van der Waals surface area (Å²) in [6.07, 6.45) is 2.85. The molecular formula is C8H18O2. The van der Waals surface area contributed by atoms with Gasteiger partial charge < -0.3 is 9.84 Å². The van der Waals surface area contributed by atoms with Crippen LogP contribution >= 0.6 is 0 Å². The van der Waals surface area contributed by atoms with Crippen molar-refractivity contribution in [2.24, 2.45) is 0 Å². The van der Waals surface area contributed by atoms with Gasteiger partial charge in [0, 0.05) is 6.61 Å². The van der Waals surface area contributed by atoms with Crippen molar-refractivity contribution in [1.29, 1.82) is 0 Å². The summed E-state index contributed by atoms with van der Waals surface area (Å²) in [5, 5.41) is 9.19. The lowest BCUT2D eigenvalue weighted by Crippen LogP contribution is -2.14. The molecule has 1 N–H and O–H groups in total. The molecule has 1 atom stereocenters. The van der Waals surface area contributed by atoms with E-state index < -0.39 is 0 Å². The van der Waals surface area contributed by atoms with Crippen LogP contribution in [0.15, 0.2) is 0 Å². The molecule has 0 rings (SSSR count). The van der Waals surface area contributed by atoms with Gasteiger partial charge in [0.15, 0.2) is 0 Å². The van der Waals surface area contributed by atoms with E-state index in [1.807, 2.05) is 6.92 Å². The summed E-state index contributed by atoms with van der Waals surface area (Å²) >= 11 is 0. The normalized spacial score (nSPS) is 13.5. The van der Waals surface area contributed by atoms with Crippen molar-refractivity contribution in [1.82, 2.24) is 0 Å². The molecule has 1 unspecified atom stereocenters. The van der Waals surface area contributed by atoms with Gasteiger partial charge in [0.1, 0.15) is 0 Å². The van der Waals surface area contributed by atoms with E-state index in [1.54, 1.807) is 0 Å². The molecule has 0 aromatic heterocycles. The first kappa shape index (κ1) is 9.92. The highest BCUT2D eigenvalue weighted by Crippen LogP contribution is 1.99. The predicted molar refractivity (Wildman–Crippen MR) is 42.0 cm³/mol. The summed E-state index contributed by atoms with van der Waals surface area (Å²) in [6.45, 7) is 5.25. The molecule has 0 spiro atoms. The van der Waals surface area contributed by atoms with E-state index in [-0.39, 0.29) is 6.10 Å². The van der Waals surface area contributed by atoms with E-state index in [0.717, 1.165) is 19.3 Å². The highest BCUT2D eigenvalue weighted by Gasteiger charge is 2.01. The van der Waals surface area contributed by atoms with Gasteiger partial charge in [-0.25, -0.2) is 0 Å². The quantitative estimate of drug-likeness (QED) is 0.616. The Hall–Kier alpha value is -0.0800. The second kappa shape index (κ2) is 7.03. The Bertz CT molecular complexity index is 56.3. The van der Waals surface area contributed by atoms with Gasteiger partial charge in [-0.3, -0.25) is 0 Å². The van der Waals surface area contributed by atoms with Crippen LogP contribution in [0.1, 0.15) is 33.1 Å². The van der Waals surface area contributed by atoms with Gasteiger partial charge in [0.05, 0.1) is 12.7 Å². The van der Waals surface area contributed by atoms with Gasteiger partial charge in [0.2, 0.25) is 0 Å². The fraction of sp³-hybridized carbons (Fsp3) is 1.00. The molecule has 0 saturated carbocycles. The van der Waals surface area contributed by atoms with Gasteiger partial charge in [-0.15, -0.1) is 0 Å². The Balaban J connectivity index is 3.00. The van der Waals surface area contributed by atoms with Crippen LogP contribution in [0.4, 0.5) is 0 Å². The minimum atomic E-state index is -0.250. The van der Waals surface area contributed by atoms with E-state index in [2.05, 4.69) is 6.92 Å². The van der Waals surface area contributed by atoms with Crippen LogP contribution < -0.4 is 0 Å². The summed E-state index contributed by atoms with van der Waals surface area (Å²) in [7, 11) is 0. The van der Waals surface area contributed by atoms with Crippen molar-refractivity contribution in [3.05, 3.63) is 0 Å². The van der Waals surface area contributed by atoms with Crippen molar-refractivity contribution in [3.8, 4) is 0 Å². The van der Waals surface area contributed by atoms with Crippen LogP contribution in [0.2, 0.25) is 0 Å². The summed E-state index contributed by atoms with van der Waals surface area (Å²) in [6, 6.07) is 0. The lowest BCUT2D eigenvalue weighted by atomic mass is 10.2. The first-order valence-electron chi connectivity index (χ1n) is 4.07. The summed E-state index contributed by atoms with van der Waals surface area (Å²) in [4.78, 5) is 0. The molecule has 0 fully saturated rings. The molecule has 0 radical (unpaired) electrons. The minimum absolute atomic E-state index is 0.250. The average Bonchev–Trinajstić information content (AvgIpc) is 1.97. The third kappa shape index (κ3) is 6.05. The zero-order chi connectivity index (χ0) is 7.82. The second-order valence-electron chi connectivity index (χ2n) is 2.46. The Kier molecular flexibility index (Phi) is 6.98. The zero-order valence-electron chi connectivity index (χ0n) is 6.97. The third-order valence-electron chi connectivity index (χ3n) is 1.41. The largest absolute Gasteiger partial charge is 0.391 e. The van der Waals surface area contributed by atoms with Gasteiger partial charge >= 0.3 is 0 Å². The van der Waals surface area contributed by atoms with E-state index in [1.165, 1.54) is 0 Å². The Labute approximate surface area is 63.2 Å². The van der Waals surface area contributed by atoms with Crippen LogP contribution in [0, 0.1) is 0 Å². The van der Waals surface area contributed by atoms with Crippen molar-refractivity contribution in [3.63, 3.8) is 0 Å². The maximum absolute atomic E-state index is 9.19. The molecule has 0 amide bonds. The number of rotatable bonds is 6. The number of aliphatic hydroxyl groups excluding tert-OH is 1. The molecule has 2 heteroatoms. The highest BCUT2D eigenvalue weighted by molar-refractivity contribution is 4.52. The van der Waals surface area contributed by atoms with Gasteiger partial charge in [-0.2, -0.15) is 0 Å². The molecular weight excluding hydrogens is 128 g/mol. The predicted octanol–water partition coefficient (Wildman–Crippen LogP) is 1.57. The standard InChI is InChI=1S/C8H18O2/c1-3-5-6-8(9)7-10-4-2/h8-9H,3-7H2,1-2H3. The molecule has 10 heavy (non-hydrogen) atoms. The zero-order valence-corrected chi connectivity index (χ0v) is 6.97. The van der Waals surface area contributed by atoms with E-state index in [4.69, 9.17) is 4.74 Å². The Morgan fingerprint density at radius 1 is 1.40 bits per heavy atom. The van der Waals surface area contributed by atoms with Gasteiger partial charge in [0.25, 0.3) is 0 Å². The number of aliphatic hydroxyl groups is 1. The molecule has 2 nitrogen and oxygen atoms in total. The van der Waals surface area contributed by atoms with Crippen LogP contribution in [0.25, 0.3) is 0 Å². The maximum atomic E-state index is 9.19. The van der Waals surface area contributed by atoms with Crippen molar-refractivity contribution < 1.29 is 9.84 Å². The SMILES string of the molecule is CCCCC(O)COCC. The smallest absolute Gasteiger partial charge is 0.0773 e. The highest BCUT2D eigenvalue weighted by atomic mass is 16.5. The van der Waals surface area contributed by atoms with Crippen LogP contribution in [-0.4, -0.2) is 24.4 Å². The minimum Gasteiger partial charge on any atom is -0.391 e. The van der Waals surface area contributed by atoms with E-state index in [0.29, 0.717) is 13.2 Å². The molecule has 0 heterocycles. The van der Waals surface area contributed by atoms with Crippen LogP contribution in [0.3, 0.4) is 0 Å². The molecule has 0 aliphatic rings. The van der Waals surface area contributed by atoms with Gasteiger partial charge in [-0.05, 0) is 13.3 Å². The van der Waals surface area contributed by atoms with Gasteiger partial charge in [-0.1, -0.05) is 19.8 Å². The van der Waals surface area contributed by atoms with Crippen molar-refractivity contribution in [2.45, 2.75) is 39.2 Å². The molecule has 0 bridgehead atoms. The lowest BCUT2D eigenvalue weighted by molar-refractivity contribution is 0.0371. The monoisotopic (exact) mass is 146 g/mol. The van der Waals surface area contributed by atoms with Crippen molar-refractivity contribution in [2.75, 3.05) is 13.2 Å². The van der Waals surface area contributed by atoms with E-state index in [9.17, 15) is 5.11 Å². The molecule has 0 aromatic rings. The fourth-order valence-electron chi connectivity index (χ4n) is 0.777. The summed E-state index contributed by atoms with van der Waals surface area (Å²) < 4.78 is 5.04. The topological polar surface area (TPSA) is 29.5 Å². The molecule has 0 aliphatic carbocycles. The Morgan fingerprint density at radius 3 is 2.60 bits per heavy atom. The second-order valence-corrected chi connectivity index (χ2v) is 2.46. The maximum Gasteiger partial charge on any atom is 0.0773 e. The molecule has 0 aliphatic heterocycles. The molecule has 62 valence electrons. The third-order valence-corrected chi connectivity index (χ3v) is 1.41. The average molecular weight is 146 g/mol. The number of hydrogen-bond acceptors (Lipinski definition) is 2. The van der Waals surface area contributed by atoms with Crippen molar-refractivity contribution >= 4 is 0 Å². The first-order chi connectivity index (χ1) is 4.81. The number of ether oxygens (including phenoxy) is 1. The fourth-order valence-corrected chi connectivity index (χ4v) is 0.777. The summed E-state index contributed by atoms with van der Waals surface area (Å²) in [5.74, 6) is 0. The lowest BCUT2D eigenvalue weighted by Gasteiger charge is -2.08. The van der Waals surface area contributed by atoms with E-state index >= 15 is 0 Å².